The van der Waals surface area contributed by atoms with E-state index in [0.717, 1.165) is 0 Å². The lowest BCUT2D eigenvalue weighted by Gasteiger charge is -2.07. The number of carbonyl (C=O) groups is 1. The molecule has 5 nitrogen and oxygen atoms in total. The van der Waals surface area contributed by atoms with Gasteiger partial charge in [0.2, 0.25) is 0 Å². The van der Waals surface area contributed by atoms with Crippen LogP contribution in [0.15, 0.2) is 30.5 Å². The molecule has 19 heavy (non-hydrogen) atoms. The second-order valence-corrected chi connectivity index (χ2v) is 4.08. The topological polar surface area (TPSA) is 89.1 Å². The van der Waals surface area contributed by atoms with E-state index >= 15 is 0 Å². The number of aliphatic carboxylic acids is 1. The van der Waals surface area contributed by atoms with E-state index in [1.165, 1.54) is 12.3 Å². The summed E-state index contributed by atoms with van der Waals surface area (Å²) in [7, 11) is 0. The zero-order valence-corrected chi connectivity index (χ0v) is 10.2. The van der Waals surface area contributed by atoms with Crippen molar-refractivity contribution in [2.24, 2.45) is 5.73 Å². The number of rotatable bonds is 3. The number of benzene rings is 1. The molecule has 0 aliphatic carbocycles. The van der Waals surface area contributed by atoms with Gasteiger partial charge in [0, 0.05) is 11.8 Å². The van der Waals surface area contributed by atoms with Crippen LogP contribution in [0.3, 0.4) is 0 Å². The van der Waals surface area contributed by atoms with Gasteiger partial charge in [-0.05, 0) is 36.8 Å². The molecule has 0 bridgehead atoms. The van der Waals surface area contributed by atoms with E-state index < -0.39 is 12.0 Å². The molecule has 1 aromatic heterocycles. The van der Waals surface area contributed by atoms with Gasteiger partial charge in [-0.3, -0.25) is 4.79 Å². The summed E-state index contributed by atoms with van der Waals surface area (Å²) < 4.78 is 13.2. The normalized spacial score (nSPS) is 12.2. The Labute approximate surface area is 108 Å². The standard InChI is InChI=1S/C13H12FN3O2/c1-7-6-8(2-3-9(7)14)10-4-5-16-12(17-10)11(15)13(18)19/h2-6,11H,15H2,1H3,(H,18,19). The molecule has 0 aliphatic rings. The predicted octanol–water partition coefficient (Wildman–Crippen LogP) is 1.68. The van der Waals surface area contributed by atoms with Crippen molar-refractivity contribution in [2.75, 3.05) is 0 Å². The first kappa shape index (κ1) is 13.1. The first-order valence-electron chi connectivity index (χ1n) is 5.57. The summed E-state index contributed by atoms with van der Waals surface area (Å²) in [5, 5.41) is 8.82. The maximum Gasteiger partial charge on any atom is 0.328 e. The number of hydrogen-bond acceptors (Lipinski definition) is 4. The van der Waals surface area contributed by atoms with Crippen LogP contribution in [-0.2, 0) is 4.79 Å². The molecular formula is C13H12FN3O2. The van der Waals surface area contributed by atoms with E-state index in [4.69, 9.17) is 10.8 Å². The van der Waals surface area contributed by atoms with Crippen molar-refractivity contribution >= 4 is 5.97 Å². The maximum atomic E-state index is 13.2. The molecule has 1 unspecified atom stereocenters. The molecule has 0 saturated heterocycles. The zero-order chi connectivity index (χ0) is 14.0. The second kappa shape index (κ2) is 5.11. The SMILES string of the molecule is Cc1cc(-c2ccnc(C(N)C(=O)O)n2)ccc1F. The number of carboxylic acid groups (broad SMARTS) is 1. The van der Waals surface area contributed by atoms with Crippen LogP contribution in [0, 0.1) is 12.7 Å². The van der Waals surface area contributed by atoms with Gasteiger partial charge in [-0.15, -0.1) is 0 Å². The van der Waals surface area contributed by atoms with Gasteiger partial charge in [-0.2, -0.15) is 0 Å². The molecule has 3 N–H and O–H groups in total. The lowest BCUT2D eigenvalue weighted by molar-refractivity contribution is -0.138. The van der Waals surface area contributed by atoms with Crippen molar-refractivity contribution in [3.05, 3.63) is 47.7 Å². The highest BCUT2D eigenvalue weighted by atomic mass is 19.1. The van der Waals surface area contributed by atoms with E-state index in [-0.39, 0.29) is 11.6 Å². The molecule has 0 spiro atoms. The summed E-state index contributed by atoms with van der Waals surface area (Å²) in [4.78, 5) is 18.7. The average Bonchev–Trinajstić information content (AvgIpc) is 2.41. The van der Waals surface area contributed by atoms with E-state index in [1.54, 1.807) is 25.1 Å². The molecule has 1 atom stereocenters. The van der Waals surface area contributed by atoms with Gasteiger partial charge in [0.15, 0.2) is 11.9 Å². The predicted molar refractivity (Wildman–Crippen MR) is 66.7 cm³/mol. The van der Waals surface area contributed by atoms with Crippen LogP contribution in [-0.4, -0.2) is 21.0 Å². The third-order valence-electron chi connectivity index (χ3n) is 2.67. The van der Waals surface area contributed by atoms with E-state index in [0.29, 0.717) is 16.8 Å². The Morgan fingerprint density at radius 3 is 2.79 bits per heavy atom. The van der Waals surface area contributed by atoms with Crippen LogP contribution in [0.5, 0.6) is 0 Å². The first-order valence-corrected chi connectivity index (χ1v) is 5.57. The Morgan fingerprint density at radius 1 is 1.42 bits per heavy atom. The van der Waals surface area contributed by atoms with Crippen LogP contribution in [0.2, 0.25) is 0 Å². The van der Waals surface area contributed by atoms with Crippen LogP contribution >= 0.6 is 0 Å². The van der Waals surface area contributed by atoms with E-state index in [9.17, 15) is 9.18 Å². The van der Waals surface area contributed by atoms with Gasteiger partial charge < -0.3 is 10.8 Å². The van der Waals surface area contributed by atoms with Crippen LogP contribution in [0.25, 0.3) is 11.3 Å². The molecule has 2 aromatic rings. The minimum Gasteiger partial charge on any atom is -0.480 e. The van der Waals surface area contributed by atoms with Crippen molar-refractivity contribution in [3.8, 4) is 11.3 Å². The molecule has 0 radical (unpaired) electrons. The Balaban J connectivity index is 2.43. The molecule has 98 valence electrons. The number of carboxylic acids is 1. The van der Waals surface area contributed by atoms with E-state index in [2.05, 4.69) is 9.97 Å². The van der Waals surface area contributed by atoms with Crippen molar-refractivity contribution < 1.29 is 14.3 Å². The van der Waals surface area contributed by atoms with Crippen LogP contribution < -0.4 is 5.73 Å². The summed E-state index contributed by atoms with van der Waals surface area (Å²) >= 11 is 0. The first-order chi connectivity index (χ1) is 8.99. The molecular weight excluding hydrogens is 249 g/mol. The molecule has 0 saturated carbocycles. The minimum atomic E-state index is -1.28. The number of aromatic nitrogens is 2. The molecule has 1 aromatic carbocycles. The van der Waals surface area contributed by atoms with Gasteiger partial charge in [-0.1, -0.05) is 0 Å². The highest BCUT2D eigenvalue weighted by Gasteiger charge is 2.17. The number of halogens is 1. The summed E-state index contributed by atoms with van der Waals surface area (Å²) in [5.41, 5.74) is 7.13. The number of aryl methyl sites for hydroxylation is 1. The third kappa shape index (κ3) is 2.74. The summed E-state index contributed by atoms with van der Waals surface area (Å²) in [6.45, 7) is 1.64. The van der Waals surface area contributed by atoms with Gasteiger partial charge >= 0.3 is 5.97 Å². The number of nitrogens with zero attached hydrogens (tertiary/aromatic N) is 2. The van der Waals surface area contributed by atoms with Gasteiger partial charge in [-0.25, -0.2) is 14.4 Å². The monoisotopic (exact) mass is 261 g/mol. The summed E-state index contributed by atoms with van der Waals surface area (Å²) in [5.74, 6) is -1.49. The fraction of sp³-hybridized carbons (Fsp3) is 0.154. The van der Waals surface area contributed by atoms with Gasteiger partial charge in [0.25, 0.3) is 0 Å². The number of hydrogen-bond donors (Lipinski definition) is 2. The van der Waals surface area contributed by atoms with Crippen LogP contribution in [0.1, 0.15) is 17.4 Å². The second-order valence-electron chi connectivity index (χ2n) is 4.08. The minimum absolute atomic E-state index is 0.0204. The molecule has 0 aliphatic heterocycles. The molecule has 1 heterocycles. The largest absolute Gasteiger partial charge is 0.480 e. The quantitative estimate of drug-likeness (QED) is 0.877. The van der Waals surface area contributed by atoms with E-state index in [1.807, 2.05) is 0 Å². The number of nitrogens with two attached hydrogens (primary N) is 1. The van der Waals surface area contributed by atoms with Crippen molar-refractivity contribution in [3.63, 3.8) is 0 Å². The lowest BCUT2D eigenvalue weighted by atomic mass is 10.1. The molecule has 0 fully saturated rings. The summed E-state index contributed by atoms with van der Waals surface area (Å²) in [6, 6.07) is 4.88. The highest BCUT2D eigenvalue weighted by molar-refractivity contribution is 5.74. The lowest BCUT2D eigenvalue weighted by Crippen LogP contribution is -2.23. The zero-order valence-electron chi connectivity index (χ0n) is 10.2. The highest BCUT2D eigenvalue weighted by Crippen LogP contribution is 2.20. The fourth-order valence-corrected chi connectivity index (χ4v) is 1.60. The third-order valence-corrected chi connectivity index (χ3v) is 2.67. The Morgan fingerprint density at radius 2 is 2.16 bits per heavy atom. The molecule has 6 heteroatoms. The van der Waals surface area contributed by atoms with Crippen LogP contribution in [0.4, 0.5) is 4.39 Å². The average molecular weight is 261 g/mol. The fourth-order valence-electron chi connectivity index (χ4n) is 1.60. The summed E-state index contributed by atoms with van der Waals surface area (Å²) in [6.07, 6.45) is 1.43. The molecule has 2 rings (SSSR count). The van der Waals surface area contributed by atoms with Gasteiger partial charge in [0.1, 0.15) is 5.82 Å². The van der Waals surface area contributed by atoms with Crippen molar-refractivity contribution in [1.82, 2.24) is 9.97 Å². The van der Waals surface area contributed by atoms with Crippen molar-refractivity contribution in [1.29, 1.82) is 0 Å². The Bertz CT molecular complexity index is 631. The molecule has 0 amide bonds. The Kier molecular flexibility index (Phi) is 3.52. The maximum absolute atomic E-state index is 13.2. The Hall–Kier alpha value is -2.34. The van der Waals surface area contributed by atoms with Crippen molar-refractivity contribution in [2.45, 2.75) is 13.0 Å². The van der Waals surface area contributed by atoms with Gasteiger partial charge in [0.05, 0.1) is 5.69 Å². The smallest absolute Gasteiger partial charge is 0.328 e.